The number of nitrogens with one attached hydrogen (secondary N) is 2. The Morgan fingerprint density at radius 3 is 2.42 bits per heavy atom. The van der Waals surface area contributed by atoms with Gasteiger partial charge < -0.3 is 24.0 Å². The first-order valence-electron chi connectivity index (χ1n) is 25.1. The molecule has 3 amide bonds. The van der Waals surface area contributed by atoms with Crippen LogP contribution >= 0.6 is 11.3 Å². The second-order valence-corrected chi connectivity index (χ2v) is 21.0. The Hall–Kier alpha value is -7.21. The zero-order valence-corrected chi connectivity index (χ0v) is 42.9. The highest BCUT2D eigenvalue weighted by molar-refractivity contribution is 7.22. The van der Waals surface area contributed by atoms with Gasteiger partial charge in [0.2, 0.25) is 11.8 Å². The van der Waals surface area contributed by atoms with Crippen molar-refractivity contribution in [2.24, 2.45) is 7.05 Å². The molecule has 10 rings (SSSR count). The van der Waals surface area contributed by atoms with E-state index in [9.17, 15) is 19.2 Å². The van der Waals surface area contributed by atoms with E-state index in [0.29, 0.717) is 73.3 Å². The van der Waals surface area contributed by atoms with Crippen LogP contribution in [0.25, 0.3) is 32.2 Å². The maximum absolute atomic E-state index is 14.0. The van der Waals surface area contributed by atoms with Crippen LogP contribution < -0.4 is 25.0 Å². The number of rotatable bonds is 15. The van der Waals surface area contributed by atoms with Crippen molar-refractivity contribution < 1.29 is 33.4 Å². The van der Waals surface area contributed by atoms with Gasteiger partial charge in [0.15, 0.2) is 10.8 Å². The fourth-order valence-corrected chi connectivity index (χ4v) is 10.9. The van der Waals surface area contributed by atoms with Gasteiger partial charge in [-0.25, -0.2) is 14.8 Å². The predicted molar refractivity (Wildman–Crippen MR) is 283 cm³/mol. The molecule has 2 saturated heterocycles. The van der Waals surface area contributed by atoms with E-state index in [0.717, 1.165) is 101 Å². The number of benzene rings is 4. The number of para-hydroxylation sites is 1. The molecule has 3 aliphatic heterocycles. The standard InChI is InChI=1S/C56H61N9O7S/c1-35-38(12-9-15-46(35)71-31-10-24-63-26-28-64(29-27-63)30-32-70-37-17-18-41-45(33-37)62(5)61-50(41)42-20-22-49(66)59-53(42)68)39-19-21-48(58-51(39)54(69)72-56(2,3)4)65-25-23-36-11-8-13-40(43(36)34-65)52(67)60-55-57-44-14-6-7-16-47(44)73-55/h6-9,11-19,21,33,42H,10,20,22-32,34H2,1-5H3,(H,57,60,67)(H,59,66,68). The molecule has 0 spiro atoms. The monoisotopic (exact) mass is 1000 g/mol. The molecule has 0 radical (unpaired) electrons. The molecular weight excluding hydrogens is 943 g/mol. The SMILES string of the molecule is Cc1c(OCCCN2CCN(CCOc3ccc4c(C5CCC(=O)NC5=O)nn(C)c4c3)CC2)cccc1-c1ccc(N2CCc3cccc(C(=O)Nc4nc5ccccc5s4)c3C2)nc1C(=O)OC(C)(C)C. The maximum atomic E-state index is 14.0. The van der Waals surface area contributed by atoms with Crippen molar-refractivity contribution in [3.8, 4) is 22.6 Å². The highest BCUT2D eigenvalue weighted by Crippen LogP contribution is 2.36. The predicted octanol–water partition coefficient (Wildman–Crippen LogP) is 8.31. The number of ether oxygens (including phenoxy) is 3. The summed E-state index contributed by atoms with van der Waals surface area (Å²) in [7, 11) is 1.86. The van der Waals surface area contributed by atoms with Crippen molar-refractivity contribution in [3.63, 3.8) is 0 Å². The summed E-state index contributed by atoms with van der Waals surface area (Å²) in [6, 6.07) is 29.3. The molecule has 0 bridgehead atoms. The van der Waals surface area contributed by atoms with E-state index in [1.165, 1.54) is 11.3 Å². The quantitative estimate of drug-likeness (QED) is 0.0571. The number of piperidine rings is 1. The summed E-state index contributed by atoms with van der Waals surface area (Å²) in [6.07, 6.45) is 2.33. The summed E-state index contributed by atoms with van der Waals surface area (Å²) in [5, 5.41) is 11.6. The van der Waals surface area contributed by atoms with Crippen LogP contribution in [0, 0.1) is 6.92 Å². The molecule has 17 heteroatoms. The molecule has 2 fully saturated rings. The first-order chi connectivity index (χ1) is 35.2. The number of thiazole rings is 1. The number of hydrogen-bond acceptors (Lipinski definition) is 14. The van der Waals surface area contributed by atoms with E-state index < -0.39 is 17.5 Å². The fourth-order valence-electron chi connectivity index (χ4n) is 10.0. The number of nitrogens with zero attached hydrogens (tertiary/aromatic N) is 7. The molecule has 2 N–H and O–H groups in total. The number of pyridine rings is 1. The summed E-state index contributed by atoms with van der Waals surface area (Å²) in [5.74, 6) is 0.434. The Morgan fingerprint density at radius 2 is 1.63 bits per heavy atom. The lowest BCUT2D eigenvalue weighted by molar-refractivity contribution is -0.134. The van der Waals surface area contributed by atoms with Crippen molar-refractivity contribution in [2.75, 3.05) is 69.2 Å². The van der Waals surface area contributed by atoms with E-state index in [2.05, 4.69) is 41.5 Å². The van der Waals surface area contributed by atoms with Crippen LogP contribution in [0.5, 0.6) is 11.5 Å². The number of fused-ring (bicyclic) bond motifs is 3. The molecule has 0 saturated carbocycles. The van der Waals surface area contributed by atoms with Crippen LogP contribution in [0.3, 0.4) is 0 Å². The third kappa shape index (κ3) is 11.1. The molecule has 1 unspecified atom stereocenters. The van der Waals surface area contributed by atoms with Crippen LogP contribution in [0.15, 0.2) is 91.0 Å². The first kappa shape index (κ1) is 49.4. The number of hydrogen-bond donors (Lipinski definition) is 2. The minimum atomic E-state index is -0.741. The van der Waals surface area contributed by atoms with Gasteiger partial charge in [0.1, 0.15) is 29.5 Å². The summed E-state index contributed by atoms with van der Waals surface area (Å²) in [5.41, 5.74) is 6.92. The van der Waals surface area contributed by atoms with Gasteiger partial charge in [0.05, 0.1) is 34.0 Å². The zero-order chi connectivity index (χ0) is 50.8. The molecule has 3 aromatic heterocycles. The van der Waals surface area contributed by atoms with Gasteiger partial charge in [-0.15, -0.1) is 0 Å². The molecule has 378 valence electrons. The number of imide groups is 1. The van der Waals surface area contributed by atoms with Crippen LogP contribution in [0.2, 0.25) is 0 Å². The number of amides is 3. The van der Waals surface area contributed by atoms with Crippen molar-refractivity contribution in [2.45, 2.75) is 71.4 Å². The van der Waals surface area contributed by atoms with Crippen molar-refractivity contribution >= 4 is 67.1 Å². The van der Waals surface area contributed by atoms with Crippen LogP contribution in [0.4, 0.5) is 10.9 Å². The Labute approximate surface area is 428 Å². The third-order valence-electron chi connectivity index (χ3n) is 13.8. The molecule has 4 aromatic carbocycles. The lowest BCUT2D eigenvalue weighted by Crippen LogP contribution is -2.47. The third-order valence-corrected chi connectivity index (χ3v) is 14.8. The highest BCUT2D eigenvalue weighted by Gasteiger charge is 2.32. The number of aryl methyl sites for hydroxylation is 1. The van der Waals surface area contributed by atoms with Crippen LogP contribution in [-0.4, -0.2) is 118 Å². The van der Waals surface area contributed by atoms with Gasteiger partial charge in [0.25, 0.3) is 5.91 Å². The van der Waals surface area contributed by atoms with E-state index in [-0.39, 0.29) is 23.4 Å². The largest absolute Gasteiger partial charge is 0.493 e. The molecule has 3 aliphatic rings. The second kappa shape index (κ2) is 21.1. The highest BCUT2D eigenvalue weighted by atomic mass is 32.1. The smallest absolute Gasteiger partial charge is 0.358 e. The van der Waals surface area contributed by atoms with E-state index in [1.807, 2.05) is 120 Å². The Bertz CT molecular complexity index is 3190. The Morgan fingerprint density at radius 1 is 0.836 bits per heavy atom. The van der Waals surface area contributed by atoms with E-state index in [1.54, 1.807) is 4.68 Å². The number of piperazine rings is 1. The van der Waals surface area contributed by atoms with Gasteiger partial charge in [-0.05, 0) is 118 Å². The van der Waals surface area contributed by atoms with Gasteiger partial charge in [0, 0.05) is 88.4 Å². The molecule has 6 heterocycles. The molecule has 16 nitrogen and oxygen atoms in total. The lowest BCUT2D eigenvalue weighted by atomic mass is 9.93. The van der Waals surface area contributed by atoms with E-state index in [4.69, 9.17) is 19.2 Å². The number of carbonyl (C=O) groups excluding carboxylic acids is 4. The van der Waals surface area contributed by atoms with Gasteiger partial charge in [-0.2, -0.15) is 5.10 Å². The fraction of sp³-hybridized carbons (Fsp3) is 0.375. The summed E-state index contributed by atoms with van der Waals surface area (Å²) < 4.78 is 21.4. The topological polar surface area (TPSA) is 173 Å². The van der Waals surface area contributed by atoms with Gasteiger partial charge in [-0.3, -0.25) is 34.6 Å². The second-order valence-electron chi connectivity index (χ2n) is 20.0. The molecule has 1 atom stereocenters. The summed E-state index contributed by atoms with van der Waals surface area (Å²) in [6.45, 7) is 15.3. The number of esters is 1. The normalized spacial score (nSPS) is 16.6. The van der Waals surface area contributed by atoms with Crippen molar-refractivity contribution in [1.82, 2.24) is 34.9 Å². The molecule has 7 aromatic rings. The number of anilines is 2. The summed E-state index contributed by atoms with van der Waals surface area (Å²) in [4.78, 5) is 68.7. The van der Waals surface area contributed by atoms with Crippen LogP contribution in [-0.2, 0) is 34.3 Å². The van der Waals surface area contributed by atoms with Crippen molar-refractivity contribution in [1.29, 1.82) is 0 Å². The summed E-state index contributed by atoms with van der Waals surface area (Å²) >= 11 is 1.45. The van der Waals surface area contributed by atoms with Crippen LogP contribution in [0.1, 0.15) is 89.2 Å². The average Bonchev–Trinajstić information content (AvgIpc) is 3.94. The number of carbonyl (C=O) groups is 4. The minimum Gasteiger partial charge on any atom is -0.493 e. The van der Waals surface area contributed by atoms with Gasteiger partial charge in [-0.1, -0.05) is 47.7 Å². The van der Waals surface area contributed by atoms with Gasteiger partial charge >= 0.3 is 5.97 Å². The average molecular weight is 1000 g/mol. The molecule has 0 aliphatic carbocycles. The Kier molecular flexibility index (Phi) is 14.3. The lowest BCUT2D eigenvalue weighted by Gasteiger charge is -2.34. The molecular formula is C56H61N9O7S. The number of aromatic nitrogens is 4. The van der Waals surface area contributed by atoms with Crippen molar-refractivity contribution in [3.05, 3.63) is 125 Å². The molecule has 73 heavy (non-hydrogen) atoms. The Balaban J connectivity index is 0.734. The maximum Gasteiger partial charge on any atom is 0.358 e. The first-order valence-corrected chi connectivity index (χ1v) is 25.9. The van der Waals surface area contributed by atoms with E-state index >= 15 is 0 Å². The minimum absolute atomic E-state index is 0.214. The zero-order valence-electron chi connectivity index (χ0n) is 42.0.